The molecule has 0 spiro atoms. The number of azide groups is 1. The molecule has 9 nitrogen and oxygen atoms in total. The van der Waals surface area contributed by atoms with E-state index in [0.717, 1.165) is 0 Å². The molecule has 0 aliphatic carbocycles. The number of imide groups is 1. The number of hydroxylamine groups is 2. The van der Waals surface area contributed by atoms with Crippen LogP contribution in [0.15, 0.2) is 23.6 Å². The second-order valence-corrected chi connectivity index (χ2v) is 3.93. The molecule has 1 aliphatic heterocycles. The first-order chi connectivity index (χ1) is 9.61. The number of pyridine rings is 1. The standard InChI is InChI=1S/C11H9N5O4/c12-15-14-5-7-3-8(6-13-4-7)11(19)20-16-9(17)1-2-10(16)18/h3-4,6H,1-2,5H2. The van der Waals surface area contributed by atoms with Gasteiger partial charge < -0.3 is 4.84 Å². The minimum atomic E-state index is -0.871. The fraction of sp³-hybridized carbons (Fsp3) is 0.273. The third kappa shape index (κ3) is 2.90. The molecule has 1 aromatic heterocycles. The van der Waals surface area contributed by atoms with Gasteiger partial charge in [0.1, 0.15) is 0 Å². The Morgan fingerprint density at radius 1 is 1.40 bits per heavy atom. The third-order valence-corrected chi connectivity index (χ3v) is 2.53. The largest absolute Gasteiger partial charge is 0.365 e. The van der Waals surface area contributed by atoms with Gasteiger partial charge in [-0.25, -0.2) is 4.79 Å². The fourth-order valence-electron chi connectivity index (χ4n) is 1.59. The minimum Gasteiger partial charge on any atom is -0.325 e. The summed E-state index contributed by atoms with van der Waals surface area (Å²) < 4.78 is 0. The summed E-state index contributed by atoms with van der Waals surface area (Å²) in [4.78, 5) is 45.6. The number of hydrogen-bond acceptors (Lipinski definition) is 6. The van der Waals surface area contributed by atoms with Gasteiger partial charge in [-0.3, -0.25) is 14.6 Å². The van der Waals surface area contributed by atoms with Crippen LogP contribution >= 0.6 is 0 Å². The van der Waals surface area contributed by atoms with Crippen LogP contribution in [0.4, 0.5) is 0 Å². The summed E-state index contributed by atoms with van der Waals surface area (Å²) in [5, 5.41) is 3.80. The zero-order chi connectivity index (χ0) is 14.5. The highest BCUT2D eigenvalue weighted by Crippen LogP contribution is 2.14. The van der Waals surface area contributed by atoms with Crippen LogP contribution in [0.25, 0.3) is 10.4 Å². The zero-order valence-corrected chi connectivity index (χ0v) is 10.2. The summed E-state index contributed by atoms with van der Waals surface area (Å²) in [5.41, 5.74) is 8.79. The van der Waals surface area contributed by atoms with Crippen LogP contribution in [0.2, 0.25) is 0 Å². The van der Waals surface area contributed by atoms with Gasteiger partial charge in [-0.15, -0.1) is 5.06 Å². The maximum atomic E-state index is 11.8. The summed E-state index contributed by atoms with van der Waals surface area (Å²) in [5.74, 6) is -1.98. The van der Waals surface area contributed by atoms with Gasteiger partial charge in [-0.1, -0.05) is 5.11 Å². The summed E-state index contributed by atoms with van der Waals surface area (Å²) in [6.45, 7) is 0.0339. The lowest BCUT2D eigenvalue weighted by Crippen LogP contribution is -2.32. The lowest BCUT2D eigenvalue weighted by molar-refractivity contribution is -0.172. The molecule has 0 unspecified atom stereocenters. The maximum absolute atomic E-state index is 11.8. The second-order valence-electron chi connectivity index (χ2n) is 3.93. The maximum Gasteiger partial charge on any atom is 0.365 e. The van der Waals surface area contributed by atoms with Crippen LogP contribution in [0.5, 0.6) is 0 Å². The number of carbonyl (C=O) groups is 3. The minimum absolute atomic E-state index is 0.0291. The van der Waals surface area contributed by atoms with Crippen LogP contribution in [0.1, 0.15) is 28.8 Å². The van der Waals surface area contributed by atoms with Crippen LogP contribution in [-0.4, -0.2) is 27.8 Å². The van der Waals surface area contributed by atoms with Crippen LogP contribution in [0, 0.1) is 0 Å². The molecule has 0 atom stereocenters. The van der Waals surface area contributed by atoms with Crippen molar-refractivity contribution in [3.05, 3.63) is 40.0 Å². The molecule has 1 fully saturated rings. The average Bonchev–Trinajstić information content (AvgIpc) is 2.77. The van der Waals surface area contributed by atoms with E-state index in [0.29, 0.717) is 10.6 Å². The highest BCUT2D eigenvalue weighted by Gasteiger charge is 2.33. The SMILES string of the molecule is [N-]=[N+]=NCc1cncc(C(=O)ON2C(=O)CCC2=O)c1. The zero-order valence-electron chi connectivity index (χ0n) is 10.2. The van der Waals surface area contributed by atoms with Gasteiger partial charge in [-0.2, -0.15) is 0 Å². The van der Waals surface area contributed by atoms with Gasteiger partial charge >= 0.3 is 5.97 Å². The molecule has 0 radical (unpaired) electrons. The Bertz CT molecular complexity index is 607. The van der Waals surface area contributed by atoms with Gasteiger partial charge in [0.25, 0.3) is 11.8 Å². The number of rotatable bonds is 4. The first kappa shape index (κ1) is 13.5. The summed E-state index contributed by atoms with van der Waals surface area (Å²) in [6.07, 6.45) is 2.72. The number of carbonyl (C=O) groups excluding carboxylic acids is 3. The van der Waals surface area contributed by atoms with Crippen LogP contribution in [0.3, 0.4) is 0 Å². The van der Waals surface area contributed by atoms with Crippen molar-refractivity contribution < 1.29 is 19.2 Å². The van der Waals surface area contributed by atoms with E-state index in [9.17, 15) is 14.4 Å². The summed E-state index contributed by atoms with van der Waals surface area (Å²) in [6, 6.07) is 1.41. The lowest BCUT2D eigenvalue weighted by Gasteiger charge is -2.12. The fourth-order valence-corrected chi connectivity index (χ4v) is 1.59. The number of hydrogen-bond donors (Lipinski definition) is 0. The topological polar surface area (TPSA) is 125 Å². The predicted octanol–water partition coefficient (Wildman–Crippen LogP) is 1.11. The van der Waals surface area contributed by atoms with Crippen molar-refractivity contribution in [2.75, 3.05) is 0 Å². The smallest absolute Gasteiger partial charge is 0.325 e. The van der Waals surface area contributed by atoms with E-state index < -0.39 is 17.8 Å². The molecule has 0 N–H and O–H groups in total. The van der Waals surface area contributed by atoms with E-state index in [1.165, 1.54) is 18.5 Å². The first-order valence-corrected chi connectivity index (χ1v) is 5.64. The van der Waals surface area contributed by atoms with E-state index in [-0.39, 0.29) is 24.9 Å². The van der Waals surface area contributed by atoms with Crippen molar-refractivity contribution in [2.24, 2.45) is 5.11 Å². The van der Waals surface area contributed by atoms with Gasteiger partial charge in [0.15, 0.2) is 0 Å². The van der Waals surface area contributed by atoms with Crippen LogP contribution in [-0.2, 0) is 21.0 Å². The molecule has 102 valence electrons. The summed E-state index contributed by atoms with van der Waals surface area (Å²) >= 11 is 0. The highest BCUT2D eigenvalue weighted by molar-refractivity contribution is 6.02. The molecule has 0 saturated carbocycles. The molecule has 1 saturated heterocycles. The highest BCUT2D eigenvalue weighted by atomic mass is 16.7. The van der Waals surface area contributed by atoms with Crippen molar-refractivity contribution >= 4 is 17.8 Å². The molecule has 20 heavy (non-hydrogen) atoms. The number of amides is 2. The number of aromatic nitrogens is 1. The normalized spacial score (nSPS) is 14.1. The Kier molecular flexibility index (Phi) is 3.92. The Morgan fingerprint density at radius 2 is 2.10 bits per heavy atom. The molecule has 0 aromatic carbocycles. The van der Waals surface area contributed by atoms with Crippen molar-refractivity contribution in [1.29, 1.82) is 0 Å². The molecule has 2 rings (SSSR count). The van der Waals surface area contributed by atoms with Crippen molar-refractivity contribution in [1.82, 2.24) is 10.0 Å². The quantitative estimate of drug-likeness (QED) is 0.352. The Balaban J connectivity index is 2.11. The van der Waals surface area contributed by atoms with E-state index in [1.807, 2.05) is 0 Å². The molecule has 1 aromatic rings. The number of nitrogens with zero attached hydrogens (tertiary/aromatic N) is 5. The third-order valence-electron chi connectivity index (χ3n) is 2.53. The van der Waals surface area contributed by atoms with E-state index in [4.69, 9.17) is 10.4 Å². The molecule has 0 bridgehead atoms. The van der Waals surface area contributed by atoms with Gasteiger partial charge in [0, 0.05) is 30.1 Å². The average molecular weight is 275 g/mol. The van der Waals surface area contributed by atoms with E-state index in [1.54, 1.807) is 0 Å². The molecular weight excluding hydrogens is 266 g/mol. The molecule has 9 heteroatoms. The van der Waals surface area contributed by atoms with Gasteiger partial charge in [-0.05, 0) is 17.2 Å². The monoisotopic (exact) mass is 275 g/mol. The Morgan fingerprint density at radius 3 is 2.75 bits per heavy atom. The predicted molar refractivity (Wildman–Crippen MR) is 63.6 cm³/mol. The van der Waals surface area contributed by atoms with Gasteiger partial charge in [0.2, 0.25) is 0 Å². The second kappa shape index (κ2) is 5.81. The molecular formula is C11H9N5O4. The Labute approximate surface area is 112 Å². The summed E-state index contributed by atoms with van der Waals surface area (Å²) in [7, 11) is 0. The molecule has 1 aliphatic rings. The van der Waals surface area contributed by atoms with Crippen molar-refractivity contribution in [3.8, 4) is 0 Å². The molecule has 2 amide bonds. The Hall–Kier alpha value is -2.93. The van der Waals surface area contributed by atoms with Crippen LogP contribution < -0.4 is 0 Å². The van der Waals surface area contributed by atoms with Crippen molar-refractivity contribution in [3.63, 3.8) is 0 Å². The van der Waals surface area contributed by atoms with E-state index in [2.05, 4.69) is 15.0 Å². The first-order valence-electron chi connectivity index (χ1n) is 5.64. The van der Waals surface area contributed by atoms with Crippen molar-refractivity contribution in [2.45, 2.75) is 19.4 Å². The van der Waals surface area contributed by atoms with E-state index >= 15 is 0 Å². The van der Waals surface area contributed by atoms with Gasteiger partial charge in [0.05, 0.1) is 12.1 Å². The lowest BCUT2D eigenvalue weighted by atomic mass is 10.2. The molecule has 2 heterocycles.